The van der Waals surface area contributed by atoms with E-state index >= 15 is 0 Å². The van der Waals surface area contributed by atoms with Crippen LogP contribution in [0.1, 0.15) is 10.4 Å². The molecule has 0 atom stereocenters. The number of rotatable bonds is 5. The van der Waals surface area contributed by atoms with Gasteiger partial charge in [0.05, 0.1) is 6.54 Å². The first kappa shape index (κ1) is 16.3. The lowest BCUT2D eigenvalue weighted by Crippen LogP contribution is -2.27. The summed E-state index contributed by atoms with van der Waals surface area (Å²) in [5.41, 5.74) is -2.61. The Hall–Kier alpha value is -3.55. The van der Waals surface area contributed by atoms with Crippen molar-refractivity contribution in [3.8, 4) is 11.5 Å². The number of ether oxygens (including phenoxy) is 1. The number of fused-ring (bicyclic) bond motifs is 1. The largest absolute Gasteiger partial charge is 0.503 e. The van der Waals surface area contributed by atoms with Crippen molar-refractivity contribution in [2.75, 3.05) is 6.61 Å². The Morgan fingerprint density at radius 3 is 2.52 bits per heavy atom. The average Bonchev–Trinajstić information content (AvgIpc) is 2.60. The molecule has 0 fully saturated rings. The van der Waals surface area contributed by atoms with Crippen molar-refractivity contribution in [1.82, 2.24) is 8.97 Å². The smallest absolute Gasteiger partial charge is 0.341 e. The number of aromatic nitrogens is 2. The molecule has 0 radical (unpaired) electrons. The lowest BCUT2D eigenvalue weighted by molar-refractivity contribution is 0.0694. The van der Waals surface area contributed by atoms with Gasteiger partial charge in [-0.05, 0) is 12.1 Å². The van der Waals surface area contributed by atoms with Gasteiger partial charge >= 0.3 is 5.97 Å². The van der Waals surface area contributed by atoms with E-state index in [1.807, 2.05) is 18.2 Å². The van der Waals surface area contributed by atoms with Gasteiger partial charge in [0.25, 0.3) is 5.56 Å². The van der Waals surface area contributed by atoms with E-state index < -0.39 is 28.3 Å². The van der Waals surface area contributed by atoms with Gasteiger partial charge in [0.2, 0.25) is 5.43 Å². The van der Waals surface area contributed by atoms with Crippen LogP contribution in [0.3, 0.4) is 0 Å². The molecule has 0 unspecified atom stereocenters. The van der Waals surface area contributed by atoms with Crippen LogP contribution in [0.15, 0.2) is 58.5 Å². The van der Waals surface area contributed by atoms with E-state index in [2.05, 4.69) is 0 Å². The molecule has 2 heterocycles. The van der Waals surface area contributed by atoms with Gasteiger partial charge < -0.3 is 23.9 Å². The van der Waals surface area contributed by atoms with E-state index in [0.717, 1.165) is 10.6 Å². The van der Waals surface area contributed by atoms with Crippen molar-refractivity contribution in [3.05, 3.63) is 75.1 Å². The van der Waals surface area contributed by atoms with E-state index in [-0.39, 0.29) is 18.7 Å². The minimum absolute atomic E-state index is 0.193. The molecule has 3 rings (SSSR count). The summed E-state index contributed by atoms with van der Waals surface area (Å²) in [6.07, 6.45) is 3.83. The fraction of sp³-hybridized carbons (Fsp3) is 0.118. The highest BCUT2D eigenvalue weighted by Gasteiger charge is 2.18. The molecular weight excluding hydrogens is 328 g/mol. The van der Waals surface area contributed by atoms with Crippen molar-refractivity contribution in [2.24, 2.45) is 0 Å². The summed E-state index contributed by atoms with van der Waals surface area (Å²) in [4.78, 5) is 35.4. The zero-order valence-electron chi connectivity index (χ0n) is 13.0. The van der Waals surface area contributed by atoms with Crippen molar-refractivity contribution >= 4 is 11.5 Å². The van der Waals surface area contributed by atoms with Gasteiger partial charge in [-0.25, -0.2) is 4.79 Å². The van der Waals surface area contributed by atoms with Crippen molar-refractivity contribution < 1.29 is 19.7 Å². The fourth-order valence-electron chi connectivity index (χ4n) is 2.41. The van der Waals surface area contributed by atoms with Crippen LogP contribution in [0.4, 0.5) is 0 Å². The van der Waals surface area contributed by atoms with E-state index in [4.69, 9.17) is 9.84 Å². The number of para-hydroxylation sites is 1. The topological polar surface area (TPSA) is 110 Å². The second-order valence-corrected chi connectivity index (χ2v) is 5.24. The maximum Gasteiger partial charge on any atom is 0.341 e. The third-order valence-electron chi connectivity index (χ3n) is 3.66. The molecule has 128 valence electrons. The molecular formula is C17H14N2O6. The van der Waals surface area contributed by atoms with Gasteiger partial charge in [-0.15, -0.1) is 0 Å². The summed E-state index contributed by atoms with van der Waals surface area (Å²) < 4.78 is 7.91. The normalized spacial score (nSPS) is 10.7. The second-order valence-electron chi connectivity index (χ2n) is 5.24. The lowest BCUT2D eigenvalue weighted by atomic mass is 10.2. The van der Waals surface area contributed by atoms with Crippen molar-refractivity contribution in [3.63, 3.8) is 0 Å². The molecule has 8 heteroatoms. The van der Waals surface area contributed by atoms with Crippen molar-refractivity contribution in [1.29, 1.82) is 0 Å². The summed E-state index contributed by atoms with van der Waals surface area (Å²) >= 11 is 0. The highest BCUT2D eigenvalue weighted by atomic mass is 16.5. The Morgan fingerprint density at radius 1 is 1.12 bits per heavy atom. The Bertz CT molecular complexity index is 1050. The molecule has 2 aromatic heterocycles. The molecule has 1 aromatic carbocycles. The van der Waals surface area contributed by atoms with Gasteiger partial charge in [0, 0.05) is 18.6 Å². The number of carboxylic acids is 1. The summed E-state index contributed by atoms with van der Waals surface area (Å²) in [5, 5.41) is 18.9. The van der Waals surface area contributed by atoms with E-state index in [0.29, 0.717) is 5.75 Å². The predicted molar refractivity (Wildman–Crippen MR) is 88.5 cm³/mol. The predicted octanol–water partition coefficient (Wildman–Crippen LogP) is 0.944. The summed E-state index contributed by atoms with van der Waals surface area (Å²) in [5.74, 6) is -1.71. The first-order valence-corrected chi connectivity index (χ1v) is 7.37. The lowest BCUT2D eigenvalue weighted by Gasteiger charge is -2.11. The quantitative estimate of drug-likeness (QED) is 0.714. The molecule has 0 aliphatic carbocycles. The number of aromatic hydroxyl groups is 1. The standard InChI is InChI=1S/C17H14N2O6/c20-14-12(17(23)24)10-19-7-6-18(16(22)13(19)15(14)21)8-9-25-11-4-2-1-3-5-11/h1-7,10,21H,8-9H2,(H,23,24). The van der Waals surface area contributed by atoms with E-state index in [9.17, 15) is 19.5 Å². The highest BCUT2D eigenvalue weighted by molar-refractivity contribution is 5.88. The number of pyridine rings is 1. The van der Waals surface area contributed by atoms with Crippen molar-refractivity contribution in [2.45, 2.75) is 6.54 Å². The van der Waals surface area contributed by atoms with Crippen LogP contribution in [0.5, 0.6) is 11.5 Å². The number of hydrogen-bond acceptors (Lipinski definition) is 5. The number of carboxylic acid groups (broad SMARTS) is 1. The first-order valence-electron chi connectivity index (χ1n) is 7.37. The van der Waals surface area contributed by atoms with Gasteiger partial charge in [-0.3, -0.25) is 9.59 Å². The number of carbonyl (C=O) groups is 1. The van der Waals surface area contributed by atoms with Crippen LogP contribution in [0.25, 0.3) is 5.52 Å². The fourth-order valence-corrected chi connectivity index (χ4v) is 2.41. The molecule has 0 aliphatic heterocycles. The Labute approximate surface area is 140 Å². The SMILES string of the molecule is O=C(O)c1cn2ccn(CCOc3ccccc3)c(=O)c2c(O)c1=O. The van der Waals surface area contributed by atoms with Crippen LogP contribution >= 0.6 is 0 Å². The zero-order valence-corrected chi connectivity index (χ0v) is 13.0. The number of hydrogen-bond donors (Lipinski definition) is 2. The van der Waals surface area contributed by atoms with Crippen LogP contribution < -0.4 is 15.7 Å². The summed E-state index contributed by atoms with van der Waals surface area (Å²) in [6, 6.07) is 9.06. The Morgan fingerprint density at radius 2 is 1.84 bits per heavy atom. The minimum Gasteiger partial charge on any atom is -0.503 e. The molecule has 0 bridgehead atoms. The van der Waals surface area contributed by atoms with Crippen LogP contribution in [-0.2, 0) is 6.54 Å². The summed E-state index contributed by atoms with van der Waals surface area (Å²) in [7, 11) is 0. The third-order valence-corrected chi connectivity index (χ3v) is 3.66. The summed E-state index contributed by atoms with van der Waals surface area (Å²) in [6.45, 7) is 0.400. The monoisotopic (exact) mass is 342 g/mol. The van der Waals surface area contributed by atoms with Crippen LogP contribution in [0.2, 0.25) is 0 Å². The highest BCUT2D eigenvalue weighted by Crippen LogP contribution is 2.11. The molecule has 0 spiro atoms. The van der Waals surface area contributed by atoms with E-state index in [1.165, 1.54) is 17.0 Å². The minimum atomic E-state index is -1.48. The van der Waals surface area contributed by atoms with Crippen LogP contribution in [-0.4, -0.2) is 31.8 Å². The number of nitrogens with zero attached hydrogens (tertiary/aromatic N) is 2. The Balaban J connectivity index is 1.93. The molecule has 0 amide bonds. The molecule has 2 N–H and O–H groups in total. The maximum atomic E-state index is 12.5. The van der Waals surface area contributed by atoms with Gasteiger partial charge in [0.15, 0.2) is 11.3 Å². The third kappa shape index (κ3) is 3.09. The molecule has 25 heavy (non-hydrogen) atoms. The molecule has 3 aromatic rings. The first-order chi connectivity index (χ1) is 12.0. The van der Waals surface area contributed by atoms with E-state index in [1.54, 1.807) is 12.1 Å². The average molecular weight is 342 g/mol. The van der Waals surface area contributed by atoms with Crippen LogP contribution in [0, 0.1) is 0 Å². The molecule has 8 nitrogen and oxygen atoms in total. The molecule has 0 aliphatic rings. The molecule has 0 saturated carbocycles. The van der Waals surface area contributed by atoms with Gasteiger partial charge in [-0.2, -0.15) is 0 Å². The van der Waals surface area contributed by atoms with Gasteiger partial charge in [0.1, 0.15) is 17.9 Å². The number of benzene rings is 1. The Kier molecular flexibility index (Phi) is 4.25. The number of aromatic carboxylic acids is 1. The molecule has 0 saturated heterocycles. The second kappa shape index (κ2) is 6.52. The van der Waals surface area contributed by atoms with Gasteiger partial charge in [-0.1, -0.05) is 18.2 Å². The maximum absolute atomic E-state index is 12.5. The zero-order chi connectivity index (χ0) is 18.0.